The highest BCUT2D eigenvalue weighted by Crippen LogP contribution is 2.20. The highest BCUT2D eigenvalue weighted by Gasteiger charge is 2.18. The van der Waals surface area contributed by atoms with Crippen LogP contribution in [0.5, 0.6) is 0 Å². The molecule has 0 bridgehead atoms. The van der Waals surface area contributed by atoms with E-state index >= 15 is 0 Å². The molecule has 1 atom stereocenters. The summed E-state index contributed by atoms with van der Waals surface area (Å²) in [5.41, 5.74) is 3.63. The molecule has 3 heteroatoms. The smallest absolute Gasteiger partial charge is 0.194 e. The number of carbonyl (C=O) groups excluding carboxylic acids is 1. The van der Waals surface area contributed by atoms with Crippen LogP contribution >= 0.6 is 0 Å². The van der Waals surface area contributed by atoms with E-state index in [1.165, 1.54) is 0 Å². The standard InChI is InChI=1S/C18H23NO2/c1-5-16(21-4)12-19-13(2)11-17(14(19)3)18(20)15-9-7-6-8-10-15/h6-11,16H,5,12H2,1-4H3. The van der Waals surface area contributed by atoms with Gasteiger partial charge in [0, 0.05) is 36.2 Å². The fraction of sp³-hybridized carbons (Fsp3) is 0.389. The van der Waals surface area contributed by atoms with E-state index in [2.05, 4.69) is 11.5 Å². The number of ether oxygens (including phenoxy) is 1. The van der Waals surface area contributed by atoms with Gasteiger partial charge in [-0.15, -0.1) is 0 Å². The van der Waals surface area contributed by atoms with Crippen molar-refractivity contribution in [1.29, 1.82) is 0 Å². The lowest BCUT2D eigenvalue weighted by molar-refractivity contribution is 0.0837. The van der Waals surface area contributed by atoms with Gasteiger partial charge in [-0.1, -0.05) is 37.3 Å². The van der Waals surface area contributed by atoms with E-state index in [0.717, 1.165) is 35.5 Å². The Kier molecular flexibility index (Phi) is 4.97. The first-order valence-electron chi connectivity index (χ1n) is 7.37. The van der Waals surface area contributed by atoms with Gasteiger partial charge >= 0.3 is 0 Å². The number of nitrogens with zero attached hydrogens (tertiary/aromatic N) is 1. The Bertz CT molecular complexity index is 610. The maximum Gasteiger partial charge on any atom is 0.194 e. The normalized spacial score (nSPS) is 12.4. The van der Waals surface area contributed by atoms with Gasteiger partial charge in [0.25, 0.3) is 0 Å². The molecule has 2 aromatic rings. The van der Waals surface area contributed by atoms with Gasteiger partial charge in [0.05, 0.1) is 6.10 Å². The SMILES string of the molecule is CCC(Cn1c(C)cc(C(=O)c2ccccc2)c1C)OC. The molecule has 0 aliphatic heterocycles. The minimum Gasteiger partial charge on any atom is -0.380 e. The third-order valence-corrected chi connectivity index (χ3v) is 4.03. The second-order valence-electron chi connectivity index (χ2n) is 5.36. The van der Waals surface area contributed by atoms with Crippen LogP contribution in [0, 0.1) is 13.8 Å². The molecule has 1 unspecified atom stereocenters. The summed E-state index contributed by atoms with van der Waals surface area (Å²) in [6, 6.07) is 11.4. The number of ketones is 1. The molecule has 3 nitrogen and oxygen atoms in total. The van der Waals surface area contributed by atoms with Gasteiger partial charge in [-0.3, -0.25) is 4.79 Å². The molecule has 1 aromatic carbocycles. The second-order valence-corrected chi connectivity index (χ2v) is 5.36. The zero-order valence-electron chi connectivity index (χ0n) is 13.2. The van der Waals surface area contributed by atoms with Crippen molar-refractivity contribution in [2.75, 3.05) is 7.11 Å². The number of aromatic nitrogens is 1. The number of hydrogen-bond donors (Lipinski definition) is 0. The quantitative estimate of drug-likeness (QED) is 0.757. The van der Waals surface area contributed by atoms with Crippen molar-refractivity contribution in [3.63, 3.8) is 0 Å². The van der Waals surface area contributed by atoms with E-state index in [9.17, 15) is 4.79 Å². The second kappa shape index (κ2) is 6.72. The van der Waals surface area contributed by atoms with Gasteiger partial charge in [-0.2, -0.15) is 0 Å². The van der Waals surface area contributed by atoms with E-state index in [4.69, 9.17) is 4.74 Å². The van der Waals surface area contributed by atoms with Gasteiger partial charge in [0.2, 0.25) is 0 Å². The van der Waals surface area contributed by atoms with Crippen LogP contribution in [0.1, 0.15) is 40.7 Å². The summed E-state index contributed by atoms with van der Waals surface area (Å²) in [5, 5.41) is 0. The molecule has 0 N–H and O–H groups in total. The summed E-state index contributed by atoms with van der Waals surface area (Å²) in [6.07, 6.45) is 1.13. The third kappa shape index (κ3) is 3.24. The molecule has 0 amide bonds. The summed E-state index contributed by atoms with van der Waals surface area (Å²) in [6.45, 7) is 6.94. The fourth-order valence-corrected chi connectivity index (χ4v) is 2.63. The highest BCUT2D eigenvalue weighted by molar-refractivity contribution is 6.09. The van der Waals surface area contributed by atoms with Gasteiger partial charge in [-0.25, -0.2) is 0 Å². The number of aryl methyl sites for hydroxylation is 1. The molecule has 21 heavy (non-hydrogen) atoms. The zero-order chi connectivity index (χ0) is 15.4. The Balaban J connectivity index is 2.33. The summed E-state index contributed by atoms with van der Waals surface area (Å²) in [5.74, 6) is 0.0837. The van der Waals surface area contributed by atoms with Gasteiger partial charge in [-0.05, 0) is 26.3 Å². The Morgan fingerprint density at radius 3 is 2.48 bits per heavy atom. The van der Waals surface area contributed by atoms with Crippen molar-refractivity contribution in [1.82, 2.24) is 4.57 Å². The van der Waals surface area contributed by atoms with Crippen LogP contribution in [0.2, 0.25) is 0 Å². The van der Waals surface area contributed by atoms with Gasteiger partial charge in [0.1, 0.15) is 0 Å². The van der Waals surface area contributed by atoms with Crippen LogP contribution in [0.3, 0.4) is 0 Å². The maximum atomic E-state index is 12.6. The number of rotatable bonds is 6. The molecule has 0 radical (unpaired) electrons. The Hall–Kier alpha value is -1.87. The topological polar surface area (TPSA) is 31.2 Å². The van der Waals surface area contributed by atoms with Crippen molar-refractivity contribution in [2.24, 2.45) is 0 Å². The number of methoxy groups -OCH3 is 1. The van der Waals surface area contributed by atoms with E-state index < -0.39 is 0 Å². The molecule has 0 saturated heterocycles. The minimum atomic E-state index is 0.0837. The van der Waals surface area contributed by atoms with Crippen molar-refractivity contribution < 1.29 is 9.53 Å². The maximum absolute atomic E-state index is 12.6. The van der Waals surface area contributed by atoms with Crippen LogP contribution in [-0.2, 0) is 11.3 Å². The minimum absolute atomic E-state index is 0.0837. The van der Waals surface area contributed by atoms with Crippen molar-refractivity contribution in [3.05, 3.63) is 58.9 Å². The predicted octanol–water partition coefficient (Wildman–Crippen LogP) is 3.76. The number of benzene rings is 1. The summed E-state index contributed by atoms with van der Waals surface area (Å²) in [7, 11) is 1.73. The average molecular weight is 285 g/mol. The predicted molar refractivity (Wildman–Crippen MR) is 84.9 cm³/mol. The van der Waals surface area contributed by atoms with Gasteiger partial charge in [0.15, 0.2) is 5.78 Å². The zero-order valence-corrected chi connectivity index (χ0v) is 13.2. The molecule has 0 saturated carbocycles. The average Bonchev–Trinajstić information content (AvgIpc) is 2.80. The Morgan fingerprint density at radius 1 is 1.24 bits per heavy atom. The lowest BCUT2D eigenvalue weighted by atomic mass is 10.0. The largest absolute Gasteiger partial charge is 0.380 e. The molecule has 0 spiro atoms. The van der Waals surface area contributed by atoms with Gasteiger partial charge < -0.3 is 9.30 Å². The van der Waals surface area contributed by atoms with E-state index in [0.29, 0.717) is 0 Å². The van der Waals surface area contributed by atoms with Crippen molar-refractivity contribution >= 4 is 5.78 Å². The molecule has 112 valence electrons. The van der Waals surface area contributed by atoms with Crippen LogP contribution in [-0.4, -0.2) is 23.6 Å². The number of hydrogen-bond acceptors (Lipinski definition) is 2. The first kappa shape index (κ1) is 15.5. The van der Waals surface area contributed by atoms with Crippen molar-refractivity contribution in [3.8, 4) is 0 Å². The third-order valence-electron chi connectivity index (χ3n) is 4.03. The van der Waals surface area contributed by atoms with Crippen LogP contribution in [0.25, 0.3) is 0 Å². The molecule has 1 aromatic heterocycles. The molecule has 0 fully saturated rings. The van der Waals surface area contributed by atoms with Crippen LogP contribution in [0.15, 0.2) is 36.4 Å². The lowest BCUT2D eigenvalue weighted by Crippen LogP contribution is -2.19. The first-order valence-corrected chi connectivity index (χ1v) is 7.37. The molecule has 2 rings (SSSR count). The van der Waals surface area contributed by atoms with Crippen molar-refractivity contribution in [2.45, 2.75) is 39.8 Å². The van der Waals surface area contributed by atoms with Crippen LogP contribution in [0.4, 0.5) is 0 Å². The monoisotopic (exact) mass is 285 g/mol. The fourth-order valence-electron chi connectivity index (χ4n) is 2.63. The van der Waals surface area contributed by atoms with E-state index in [-0.39, 0.29) is 11.9 Å². The molecular formula is C18H23NO2. The van der Waals surface area contributed by atoms with E-state index in [1.54, 1.807) is 7.11 Å². The highest BCUT2D eigenvalue weighted by atomic mass is 16.5. The number of carbonyl (C=O) groups is 1. The lowest BCUT2D eigenvalue weighted by Gasteiger charge is -2.17. The molecular weight excluding hydrogens is 262 g/mol. The molecule has 0 aliphatic carbocycles. The van der Waals surface area contributed by atoms with E-state index in [1.807, 2.05) is 50.2 Å². The summed E-state index contributed by atoms with van der Waals surface area (Å²) < 4.78 is 7.64. The Morgan fingerprint density at radius 2 is 1.90 bits per heavy atom. The first-order chi connectivity index (χ1) is 10.1. The van der Waals surface area contributed by atoms with Crippen LogP contribution < -0.4 is 0 Å². The Labute approximate surface area is 126 Å². The summed E-state index contributed by atoms with van der Waals surface area (Å²) in [4.78, 5) is 12.6. The molecule has 0 aliphatic rings. The molecule has 1 heterocycles. The summed E-state index contributed by atoms with van der Waals surface area (Å²) >= 11 is 0.